The molecular formula is C66H54N6. The molecule has 0 N–H and O–H groups in total. The first kappa shape index (κ1) is 43.4. The Balaban J connectivity index is 0.912. The smallest absolute Gasteiger partial charge is 0.164 e. The van der Waals surface area contributed by atoms with Crippen molar-refractivity contribution in [3.8, 4) is 34.2 Å². The molecule has 4 heterocycles. The first-order valence-corrected chi connectivity index (χ1v) is 25.0. The highest BCUT2D eigenvalue weighted by Gasteiger charge is 2.39. The third kappa shape index (κ3) is 6.66. The maximum absolute atomic E-state index is 5.26. The van der Waals surface area contributed by atoms with E-state index in [0.717, 1.165) is 33.8 Å². The van der Waals surface area contributed by atoms with Gasteiger partial charge in [0, 0.05) is 50.0 Å². The fraction of sp³-hybridized carbons (Fsp3) is 0.136. The summed E-state index contributed by atoms with van der Waals surface area (Å²) < 4.78 is 0. The fourth-order valence-electron chi connectivity index (χ4n) is 11.9. The molecule has 0 fully saturated rings. The molecule has 0 aliphatic carbocycles. The summed E-state index contributed by atoms with van der Waals surface area (Å²) in [6, 6.07) is 78.7. The van der Waals surface area contributed by atoms with E-state index in [0.29, 0.717) is 17.5 Å². The lowest BCUT2D eigenvalue weighted by atomic mass is 9.73. The molecule has 72 heavy (non-hydrogen) atoms. The van der Waals surface area contributed by atoms with Crippen LogP contribution >= 0.6 is 0 Å². The van der Waals surface area contributed by atoms with E-state index in [1.54, 1.807) is 0 Å². The maximum atomic E-state index is 5.26. The number of anilines is 9. The molecule has 3 aliphatic heterocycles. The second-order valence-corrected chi connectivity index (χ2v) is 20.9. The zero-order valence-corrected chi connectivity index (χ0v) is 41.5. The van der Waals surface area contributed by atoms with Crippen molar-refractivity contribution in [3.63, 3.8) is 0 Å². The van der Waals surface area contributed by atoms with E-state index in [1.807, 2.05) is 0 Å². The van der Waals surface area contributed by atoms with Gasteiger partial charge in [0.1, 0.15) is 0 Å². The van der Waals surface area contributed by atoms with Gasteiger partial charge >= 0.3 is 0 Å². The van der Waals surface area contributed by atoms with Crippen molar-refractivity contribution in [1.29, 1.82) is 0 Å². The molecule has 0 atom stereocenters. The van der Waals surface area contributed by atoms with E-state index in [1.165, 1.54) is 67.5 Å². The van der Waals surface area contributed by atoms with Crippen LogP contribution in [0.25, 0.3) is 34.2 Å². The first-order valence-electron chi connectivity index (χ1n) is 25.0. The minimum absolute atomic E-state index is 0.142. The lowest BCUT2D eigenvalue weighted by Crippen LogP contribution is -2.30. The zero-order valence-electron chi connectivity index (χ0n) is 41.5. The second-order valence-electron chi connectivity index (χ2n) is 20.9. The number of aromatic nitrogens is 3. The van der Waals surface area contributed by atoms with Gasteiger partial charge in [-0.1, -0.05) is 151 Å². The predicted octanol–water partition coefficient (Wildman–Crippen LogP) is 17.2. The first-order chi connectivity index (χ1) is 35.0. The Kier molecular flexibility index (Phi) is 9.78. The molecule has 6 nitrogen and oxygen atoms in total. The van der Waals surface area contributed by atoms with Gasteiger partial charge in [0.15, 0.2) is 17.5 Å². The van der Waals surface area contributed by atoms with E-state index >= 15 is 0 Å². The van der Waals surface area contributed by atoms with Crippen LogP contribution in [0.2, 0.25) is 0 Å². The van der Waals surface area contributed by atoms with Crippen molar-refractivity contribution in [2.75, 3.05) is 14.7 Å². The van der Waals surface area contributed by atoms with Crippen molar-refractivity contribution in [1.82, 2.24) is 15.0 Å². The normalized spacial score (nSPS) is 15.3. The summed E-state index contributed by atoms with van der Waals surface area (Å²) in [4.78, 5) is 22.9. The monoisotopic (exact) mass is 930 g/mol. The van der Waals surface area contributed by atoms with Crippen molar-refractivity contribution in [2.24, 2.45) is 0 Å². The number of benzene rings is 9. The van der Waals surface area contributed by atoms with Gasteiger partial charge in [-0.25, -0.2) is 15.0 Å². The Morgan fingerprint density at radius 1 is 0.236 bits per heavy atom. The molecule has 3 aliphatic rings. The highest BCUT2D eigenvalue weighted by Crippen LogP contribution is 2.55. The largest absolute Gasteiger partial charge is 0.310 e. The van der Waals surface area contributed by atoms with E-state index in [9.17, 15) is 0 Å². The number of hydrogen-bond acceptors (Lipinski definition) is 6. The third-order valence-electron chi connectivity index (χ3n) is 15.7. The summed E-state index contributed by atoms with van der Waals surface area (Å²) in [6.07, 6.45) is 0. The van der Waals surface area contributed by atoms with Crippen LogP contribution in [-0.4, -0.2) is 15.0 Å². The third-order valence-corrected chi connectivity index (χ3v) is 15.7. The van der Waals surface area contributed by atoms with Crippen LogP contribution < -0.4 is 14.7 Å². The Morgan fingerprint density at radius 3 is 0.611 bits per heavy atom. The van der Waals surface area contributed by atoms with Crippen molar-refractivity contribution < 1.29 is 0 Å². The van der Waals surface area contributed by atoms with E-state index in [4.69, 9.17) is 15.0 Å². The highest BCUT2D eigenvalue weighted by atomic mass is 15.2. The van der Waals surface area contributed by atoms with Crippen LogP contribution in [-0.2, 0) is 16.2 Å². The minimum atomic E-state index is -0.142. The standard InChI is InChI=1S/C66H54N6/c1-64(2)49-19-7-13-25-55(49)70(56-26-14-8-20-50(56)64)46-37-31-43(32-38-46)61-67-62(44-33-39-47(40-34-44)71-57-27-15-9-21-51(57)65(3,4)52-22-10-16-28-58(52)71)69-63(68-61)45-35-41-48(42-36-45)72-59-29-17-11-23-53(59)66(5,6)54-24-12-18-30-60(54)72/h7-42H,1-6H3. The van der Waals surface area contributed by atoms with Crippen LogP contribution in [0.1, 0.15) is 74.9 Å². The van der Waals surface area contributed by atoms with Gasteiger partial charge in [0.2, 0.25) is 0 Å². The van der Waals surface area contributed by atoms with Gasteiger partial charge in [-0.2, -0.15) is 0 Å². The predicted molar refractivity (Wildman–Crippen MR) is 297 cm³/mol. The van der Waals surface area contributed by atoms with Crippen molar-refractivity contribution >= 4 is 51.2 Å². The van der Waals surface area contributed by atoms with Crippen molar-refractivity contribution in [2.45, 2.75) is 57.8 Å². The average Bonchev–Trinajstić information content (AvgIpc) is 3.42. The molecule has 0 saturated carbocycles. The number of nitrogens with zero attached hydrogens (tertiary/aromatic N) is 6. The quantitative estimate of drug-likeness (QED) is 0.166. The second kappa shape index (κ2) is 16.2. The van der Waals surface area contributed by atoms with Crippen LogP contribution in [0.4, 0.5) is 51.2 Å². The Morgan fingerprint density at radius 2 is 0.417 bits per heavy atom. The van der Waals surface area contributed by atoms with Gasteiger partial charge in [-0.05, 0) is 143 Å². The van der Waals surface area contributed by atoms with Crippen LogP contribution in [0.3, 0.4) is 0 Å². The van der Waals surface area contributed by atoms with E-state index in [-0.39, 0.29) is 16.2 Å². The Hall–Kier alpha value is -8.61. The number of para-hydroxylation sites is 6. The molecule has 9 aromatic carbocycles. The SMILES string of the molecule is CC1(C)c2ccccc2N(c2ccc(-c3nc(-c4ccc(N5c6ccccc6C(C)(C)c6ccccc65)cc4)nc(-c4ccc(N5c6ccccc6C(C)(C)c6ccccc65)cc4)n3)cc2)c2ccccc21. The molecule has 0 spiro atoms. The van der Waals surface area contributed by atoms with Gasteiger partial charge in [-0.3, -0.25) is 0 Å². The molecule has 0 bridgehead atoms. The summed E-state index contributed by atoms with van der Waals surface area (Å²) >= 11 is 0. The minimum Gasteiger partial charge on any atom is -0.310 e. The molecule has 0 radical (unpaired) electrons. The molecule has 0 unspecified atom stereocenters. The Bertz CT molecular complexity index is 3190. The lowest BCUT2D eigenvalue weighted by Gasteiger charge is -2.42. The number of rotatable bonds is 6. The van der Waals surface area contributed by atoms with Crippen LogP contribution in [0.5, 0.6) is 0 Å². The summed E-state index contributed by atoms with van der Waals surface area (Å²) in [5, 5.41) is 0. The highest BCUT2D eigenvalue weighted by molar-refractivity contribution is 5.89. The topological polar surface area (TPSA) is 48.4 Å². The number of fused-ring (bicyclic) bond motifs is 6. The van der Waals surface area contributed by atoms with Gasteiger partial charge < -0.3 is 14.7 Å². The van der Waals surface area contributed by atoms with Crippen molar-refractivity contribution in [3.05, 3.63) is 252 Å². The Labute approximate surface area is 422 Å². The van der Waals surface area contributed by atoms with Gasteiger partial charge in [-0.15, -0.1) is 0 Å². The molecule has 13 rings (SSSR count). The van der Waals surface area contributed by atoms with Gasteiger partial charge in [0.25, 0.3) is 0 Å². The van der Waals surface area contributed by atoms with E-state index < -0.39 is 0 Å². The average molecular weight is 931 g/mol. The molecule has 1 aromatic heterocycles. The molecule has 348 valence electrons. The molecule has 0 saturated heterocycles. The number of hydrogen-bond donors (Lipinski definition) is 0. The molecule has 10 aromatic rings. The van der Waals surface area contributed by atoms with Crippen LogP contribution in [0.15, 0.2) is 218 Å². The van der Waals surface area contributed by atoms with E-state index in [2.05, 4.69) is 275 Å². The zero-order chi connectivity index (χ0) is 48.9. The molecule has 0 amide bonds. The molecular weight excluding hydrogens is 877 g/mol. The summed E-state index contributed by atoms with van der Waals surface area (Å²) in [5.41, 5.74) is 20.4. The fourth-order valence-corrected chi connectivity index (χ4v) is 11.9. The summed E-state index contributed by atoms with van der Waals surface area (Å²) in [6.45, 7) is 13.9. The maximum Gasteiger partial charge on any atom is 0.164 e. The molecule has 6 heteroatoms. The summed E-state index contributed by atoms with van der Waals surface area (Å²) in [5.74, 6) is 1.83. The lowest BCUT2D eigenvalue weighted by molar-refractivity contribution is 0.632. The van der Waals surface area contributed by atoms with Gasteiger partial charge in [0.05, 0.1) is 34.1 Å². The summed E-state index contributed by atoms with van der Waals surface area (Å²) in [7, 11) is 0. The van der Waals surface area contributed by atoms with Crippen LogP contribution in [0, 0.1) is 0 Å².